The maximum Gasteiger partial charge on any atom is 0.123 e. The predicted octanol–water partition coefficient (Wildman–Crippen LogP) is 2.12. The van der Waals surface area contributed by atoms with E-state index in [1.807, 2.05) is 18.2 Å². The molecular weight excluding hydrogens is 286 g/mol. The molecule has 4 nitrogen and oxygen atoms in total. The summed E-state index contributed by atoms with van der Waals surface area (Å²) in [6.07, 6.45) is 1.01. The number of rotatable bonds is 8. The van der Waals surface area contributed by atoms with E-state index in [2.05, 4.69) is 22.5 Å². The molecule has 0 aliphatic carbocycles. The molecule has 1 aromatic rings. The highest BCUT2D eigenvalue weighted by atomic mass is 35.5. The first-order valence-electron chi connectivity index (χ1n) is 7.84. The number of hydrogen-bond acceptors (Lipinski definition) is 4. The van der Waals surface area contributed by atoms with E-state index in [9.17, 15) is 0 Å². The fourth-order valence-electron chi connectivity index (χ4n) is 2.43. The van der Waals surface area contributed by atoms with Gasteiger partial charge in [0.15, 0.2) is 0 Å². The monoisotopic (exact) mass is 311 g/mol. The molecule has 1 heterocycles. The maximum atomic E-state index is 6.09. The molecule has 0 spiro atoms. The molecule has 0 atom stereocenters. The van der Waals surface area contributed by atoms with Crippen molar-refractivity contribution in [3.8, 4) is 5.75 Å². The summed E-state index contributed by atoms with van der Waals surface area (Å²) in [6.45, 7) is 10.2. The van der Waals surface area contributed by atoms with Crippen molar-refractivity contribution < 1.29 is 4.74 Å². The van der Waals surface area contributed by atoms with Crippen molar-refractivity contribution in [3.05, 3.63) is 28.8 Å². The Morgan fingerprint density at radius 2 is 2.14 bits per heavy atom. The minimum atomic E-state index is 0.745. The first kappa shape index (κ1) is 16.6. The third kappa shape index (κ3) is 5.83. The minimum absolute atomic E-state index is 0.745. The van der Waals surface area contributed by atoms with Crippen molar-refractivity contribution in [1.29, 1.82) is 0 Å². The smallest absolute Gasteiger partial charge is 0.123 e. The molecule has 0 bridgehead atoms. The minimum Gasteiger partial charge on any atom is -0.493 e. The average Bonchev–Trinajstić information content (AvgIpc) is 2.52. The van der Waals surface area contributed by atoms with Crippen LogP contribution in [0.25, 0.3) is 0 Å². The largest absolute Gasteiger partial charge is 0.493 e. The van der Waals surface area contributed by atoms with E-state index < -0.39 is 0 Å². The summed E-state index contributed by atoms with van der Waals surface area (Å²) < 4.78 is 5.77. The molecule has 1 aromatic carbocycles. The maximum absolute atomic E-state index is 6.09. The summed E-state index contributed by atoms with van der Waals surface area (Å²) in [6, 6.07) is 5.84. The molecular formula is C16H26ClN3O. The van der Waals surface area contributed by atoms with Crippen LogP contribution in [0.15, 0.2) is 18.2 Å². The topological polar surface area (TPSA) is 36.5 Å². The van der Waals surface area contributed by atoms with Crippen LogP contribution in [0.1, 0.15) is 18.9 Å². The van der Waals surface area contributed by atoms with Crippen LogP contribution in [0.4, 0.5) is 0 Å². The van der Waals surface area contributed by atoms with Crippen molar-refractivity contribution in [2.24, 2.45) is 0 Å². The number of hydrogen-bond donors (Lipinski definition) is 2. The molecule has 2 rings (SSSR count). The van der Waals surface area contributed by atoms with Gasteiger partial charge in [0.05, 0.1) is 6.61 Å². The van der Waals surface area contributed by atoms with Crippen LogP contribution in [0, 0.1) is 0 Å². The van der Waals surface area contributed by atoms with Crippen molar-refractivity contribution in [3.63, 3.8) is 0 Å². The Balaban J connectivity index is 1.77. The lowest BCUT2D eigenvalue weighted by Gasteiger charge is -2.27. The standard InChI is InChI=1S/C16H26ClN3O/c1-2-11-21-16-4-3-15(17)12-14(16)13-19-7-10-20-8-5-18-6-9-20/h3-4,12,18-19H,2,5-11,13H2,1H3. The van der Waals surface area contributed by atoms with Gasteiger partial charge < -0.3 is 15.4 Å². The van der Waals surface area contributed by atoms with Gasteiger partial charge in [-0.15, -0.1) is 0 Å². The summed E-state index contributed by atoms with van der Waals surface area (Å²) in [5.41, 5.74) is 1.14. The number of halogens is 1. The highest BCUT2D eigenvalue weighted by Gasteiger charge is 2.09. The Labute approximate surface area is 132 Å². The molecule has 0 amide bonds. The Kier molecular flexibility index (Phi) is 7.30. The van der Waals surface area contributed by atoms with Gasteiger partial charge in [-0.2, -0.15) is 0 Å². The molecule has 1 aliphatic heterocycles. The van der Waals surface area contributed by atoms with E-state index in [1.54, 1.807) is 0 Å². The van der Waals surface area contributed by atoms with Crippen molar-refractivity contribution in [2.75, 3.05) is 45.9 Å². The summed E-state index contributed by atoms with van der Waals surface area (Å²) in [5.74, 6) is 0.941. The van der Waals surface area contributed by atoms with Crippen LogP contribution in [-0.2, 0) is 6.54 Å². The molecule has 1 aliphatic rings. The van der Waals surface area contributed by atoms with Crippen LogP contribution in [0.2, 0.25) is 5.02 Å². The predicted molar refractivity (Wildman–Crippen MR) is 88.3 cm³/mol. The third-order valence-electron chi connectivity index (χ3n) is 3.61. The zero-order valence-electron chi connectivity index (χ0n) is 12.8. The lowest BCUT2D eigenvalue weighted by Crippen LogP contribution is -2.45. The van der Waals surface area contributed by atoms with E-state index in [0.29, 0.717) is 0 Å². The first-order valence-corrected chi connectivity index (χ1v) is 8.22. The molecule has 1 saturated heterocycles. The summed E-state index contributed by atoms with van der Waals surface area (Å²) in [5, 5.41) is 7.63. The molecule has 0 unspecified atom stereocenters. The molecule has 21 heavy (non-hydrogen) atoms. The highest BCUT2D eigenvalue weighted by Crippen LogP contribution is 2.23. The third-order valence-corrected chi connectivity index (χ3v) is 3.85. The second kappa shape index (κ2) is 9.26. The molecule has 2 N–H and O–H groups in total. The number of nitrogens with zero attached hydrogens (tertiary/aromatic N) is 1. The lowest BCUT2D eigenvalue weighted by molar-refractivity contribution is 0.240. The van der Waals surface area contributed by atoms with E-state index in [-0.39, 0.29) is 0 Å². The summed E-state index contributed by atoms with van der Waals surface area (Å²) >= 11 is 6.09. The quantitative estimate of drug-likeness (QED) is 0.721. The van der Waals surface area contributed by atoms with Crippen molar-refractivity contribution in [1.82, 2.24) is 15.5 Å². The molecule has 5 heteroatoms. The Morgan fingerprint density at radius 3 is 2.90 bits per heavy atom. The van der Waals surface area contributed by atoms with E-state index in [4.69, 9.17) is 16.3 Å². The fraction of sp³-hybridized carbons (Fsp3) is 0.625. The van der Waals surface area contributed by atoms with Crippen LogP contribution < -0.4 is 15.4 Å². The van der Waals surface area contributed by atoms with E-state index >= 15 is 0 Å². The first-order chi connectivity index (χ1) is 10.3. The number of benzene rings is 1. The lowest BCUT2D eigenvalue weighted by atomic mass is 10.2. The highest BCUT2D eigenvalue weighted by molar-refractivity contribution is 6.30. The molecule has 118 valence electrons. The van der Waals surface area contributed by atoms with Gasteiger partial charge in [0.2, 0.25) is 0 Å². The zero-order valence-corrected chi connectivity index (χ0v) is 13.6. The van der Waals surface area contributed by atoms with Gasteiger partial charge in [0.1, 0.15) is 5.75 Å². The van der Waals surface area contributed by atoms with Gasteiger partial charge in [-0.3, -0.25) is 4.90 Å². The number of piperazine rings is 1. The Morgan fingerprint density at radius 1 is 1.33 bits per heavy atom. The average molecular weight is 312 g/mol. The van der Waals surface area contributed by atoms with Gasteiger partial charge in [0, 0.05) is 56.4 Å². The van der Waals surface area contributed by atoms with Crippen LogP contribution in [-0.4, -0.2) is 50.8 Å². The van der Waals surface area contributed by atoms with Gasteiger partial charge in [-0.25, -0.2) is 0 Å². The second-order valence-electron chi connectivity index (χ2n) is 5.37. The number of ether oxygens (including phenoxy) is 1. The van der Waals surface area contributed by atoms with E-state index in [1.165, 1.54) is 0 Å². The van der Waals surface area contributed by atoms with Crippen LogP contribution >= 0.6 is 11.6 Å². The Hall–Kier alpha value is -0.810. The Bertz CT molecular complexity index is 422. The van der Waals surface area contributed by atoms with E-state index in [0.717, 1.165) is 75.2 Å². The molecule has 0 aromatic heterocycles. The summed E-state index contributed by atoms with van der Waals surface area (Å²) in [4.78, 5) is 2.48. The SMILES string of the molecule is CCCOc1ccc(Cl)cc1CNCCN1CCNCC1. The molecule has 0 saturated carbocycles. The number of nitrogens with one attached hydrogen (secondary N) is 2. The van der Waals surface area contributed by atoms with Crippen molar-refractivity contribution >= 4 is 11.6 Å². The fourth-order valence-corrected chi connectivity index (χ4v) is 2.63. The van der Waals surface area contributed by atoms with Crippen LogP contribution in [0.5, 0.6) is 5.75 Å². The normalized spacial score (nSPS) is 16.1. The molecule has 0 radical (unpaired) electrons. The second-order valence-corrected chi connectivity index (χ2v) is 5.81. The summed E-state index contributed by atoms with van der Waals surface area (Å²) in [7, 11) is 0. The van der Waals surface area contributed by atoms with Gasteiger partial charge in [-0.1, -0.05) is 18.5 Å². The zero-order chi connectivity index (χ0) is 14.9. The van der Waals surface area contributed by atoms with Crippen LogP contribution in [0.3, 0.4) is 0 Å². The van der Waals surface area contributed by atoms with Gasteiger partial charge >= 0.3 is 0 Å². The van der Waals surface area contributed by atoms with Crippen molar-refractivity contribution in [2.45, 2.75) is 19.9 Å². The van der Waals surface area contributed by atoms with Gasteiger partial charge in [0.25, 0.3) is 0 Å². The molecule has 1 fully saturated rings. The van der Waals surface area contributed by atoms with Gasteiger partial charge in [-0.05, 0) is 24.6 Å².